The van der Waals surface area contributed by atoms with Crippen molar-refractivity contribution in [2.45, 2.75) is 6.42 Å². The molecule has 0 atom stereocenters. The van der Waals surface area contributed by atoms with Gasteiger partial charge in [-0.25, -0.2) is 18.2 Å². The van der Waals surface area contributed by atoms with Crippen molar-refractivity contribution in [1.82, 2.24) is 9.29 Å². The summed E-state index contributed by atoms with van der Waals surface area (Å²) >= 11 is 1.91. The summed E-state index contributed by atoms with van der Waals surface area (Å²) < 4.78 is 76.5. The first kappa shape index (κ1) is 19.9. The maximum atomic E-state index is 14.7. The molecule has 0 aliphatic rings. The summed E-state index contributed by atoms with van der Waals surface area (Å²) in [5, 5.41) is 0. The minimum atomic E-state index is -4.07. The smallest absolute Gasteiger partial charge is 0.301 e. The molecule has 3 rings (SSSR count). The van der Waals surface area contributed by atoms with Crippen molar-refractivity contribution in [3.8, 4) is 0 Å². The molecule has 0 unspecified atom stereocenters. The zero-order chi connectivity index (χ0) is 19.9. The van der Waals surface area contributed by atoms with Crippen LogP contribution >= 0.6 is 22.6 Å². The van der Waals surface area contributed by atoms with E-state index in [-0.39, 0.29) is 22.4 Å². The van der Waals surface area contributed by atoms with Crippen molar-refractivity contribution >= 4 is 49.6 Å². The maximum absolute atomic E-state index is 14.7. The van der Waals surface area contributed by atoms with E-state index in [9.17, 15) is 21.6 Å². The second-order valence-corrected chi connectivity index (χ2v) is 8.94. The van der Waals surface area contributed by atoms with Crippen LogP contribution in [0.3, 0.4) is 0 Å². The molecule has 1 heterocycles. The van der Waals surface area contributed by atoms with Gasteiger partial charge in [0.05, 0.1) is 0 Å². The Morgan fingerprint density at radius 3 is 2.56 bits per heavy atom. The zero-order valence-corrected chi connectivity index (χ0v) is 17.0. The summed E-state index contributed by atoms with van der Waals surface area (Å²) in [5.74, 6) is -3.25. The molecular formula is C16H13F3IN3O3S. The Morgan fingerprint density at radius 1 is 1.22 bits per heavy atom. The van der Waals surface area contributed by atoms with E-state index in [1.54, 1.807) is 6.07 Å². The van der Waals surface area contributed by atoms with Gasteiger partial charge in [-0.15, -0.1) is 0 Å². The molecule has 144 valence electrons. The second kappa shape index (κ2) is 7.28. The molecule has 3 aromatic rings. The number of nitrogens with one attached hydrogen (secondary N) is 1. The Hall–Kier alpha value is -1.86. The van der Waals surface area contributed by atoms with Gasteiger partial charge in [-0.05, 0) is 40.3 Å². The molecule has 11 heteroatoms. The van der Waals surface area contributed by atoms with Crippen LogP contribution in [0.4, 0.5) is 18.9 Å². The molecule has 0 fully saturated rings. The predicted octanol–water partition coefficient (Wildman–Crippen LogP) is 3.66. The van der Waals surface area contributed by atoms with E-state index in [0.29, 0.717) is 3.57 Å². The van der Waals surface area contributed by atoms with Gasteiger partial charge in [0, 0.05) is 29.6 Å². The molecule has 0 radical (unpaired) electrons. The van der Waals surface area contributed by atoms with Gasteiger partial charge >= 0.3 is 10.2 Å². The molecule has 0 saturated heterocycles. The van der Waals surface area contributed by atoms with Gasteiger partial charge in [0.2, 0.25) is 0 Å². The number of rotatable bonds is 5. The highest BCUT2D eigenvalue weighted by molar-refractivity contribution is 14.1. The Kier molecular flexibility index (Phi) is 5.36. The molecule has 0 spiro atoms. The van der Waals surface area contributed by atoms with Crippen LogP contribution in [0.15, 0.2) is 29.0 Å². The number of benzene rings is 2. The number of hydrogen-bond acceptors (Lipinski definition) is 4. The van der Waals surface area contributed by atoms with Crippen molar-refractivity contribution in [2.75, 3.05) is 18.8 Å². The third-order valence-corrected chi connectivity index (χ3v) is 5.95. The minimum absolute atomic E-state index is 0.0675. The standard InChI is InChI=1S/C16H13F3IN3O3S/c1-23(2)27(24,25)22-14-10(5-8-3-4-9(20)6-11(8)17)12(18)13(19)15-16(14)26-7-21-15/h3-4,6-7,22H,5H2,1-2H3. The lowest BCUT2D eigenvalue weighted by Crippen LogP contribution is -2.29. The third kappa shape index (κ3) is 3.75. The van der Waals surface area contributed by atoms with Crippen LogP contribution in [0.1, 0.15) is 11.1 Å². The number of hydrogen-bond donors (Lipinski definition) is 1. The Morgan fingerprint density at radius 2 is 1.93 bits per heavy atom. The number of aromatic nitrogens is 1. The molecule has 1 aromatic heterocycles. The summed E-state index contributed by atoms with van der Waals surface area (Å²) in [6, 6.07) is 4.26. The van der Waals surface area contributed by atoms with E-state index in [0.717, 1.165) is 10.7 Å². The van der Waals surface area contributed by atoms with Gasteiger partial charge in [-0.1, -0.05) is 6.07 Å². The number of fused-ring (bicyclic) bond motifs is 1. The molecule has 27 heavy (non-hydrogen) atoms. The van der Waals surface area contributed by atoms with Crippen molar-refractivity contribution in [1.29, 1.82) is 0 Å². The van der Waals surface area contributed by atoms with Crippen LogP contribution in [0.2, 0.25) is 0 Å². The van der Waals surface area contributed by atoms with Crippen molar-refractivity contribution in [3.05, 3.63) is 56.7 Å². The summed E-state index contributed by atoms with van der Waals surface area (Å²) in [7, 11) is -1.55. The second-order valence-electron chi connectivity index (χ2n) is 5.81. The molecule has 1 N–H and O–H groups in total. The molecule has 2 aromatic carbocycles. The van der Waals surface area contributed by atoms with Gasteiger partial charge in [0.15, 0.2) is 23.6 Å². The van der Waals surface area contributed by atoms with Gasteiger partial charge in [-0.3, -0.25) is 4.72 Å². The monoisotopic (exact) mass is 511 g/mol. The molecule has 0 bridgehead atoms. The molecule has 0 aliphatic carbocycles. The maximum Gasteiger partial charge on any atom is 0.301 e. The fourth-order valence-electron chi connectivity index (χ4n) is 2.41. The third-order valence-electron chi connectivity index (χ3n) is 3.86. The van der Waals surface area contributed by atoms with Gasteiger partial charge in [0.1, 0.15) is 17.0 Å². The van der Waals surface area contributed by atoms with Gasteiger partial charge in [0.25, 0.3) is 0 Å². The Balaban J connectivity index is 2.23. The highest BCUT2D eigenvalue weighted by atomic mass is 127. The van der Waals surface area contributed by atoms with Crippen molar-refractivity contribution in [2.24, 2.45) is 0 Å². The molecule has 0 saturated carbocycles. The van der Waals surface area contributed by atoms with Crippen LogP contribution < -0.4 is 4.72 Å². The number of nitrogens with zero attached hydrogens (tertiary/aromatic N) is 2. The largest absolute Gasteiger partial charge is 0.441 e. The molecule has 6 nitrogen and oxygen atoms in total. The fourth-order valence-corrected chi connectivity index (χ4v) is 3.52. The molecular weight excluding hydrogens is 498 g/mol. The van der Waals surface area contributed by atoms with Crippen LogP contribution in [0.5, 0.6) is 0 Å². The highest BCUT2D eigenvalue weighted by Crippen LogP contribution is 2.35. The first-order valence-electron chi connectivity index (χ1n) is 7.49. The lowest BCUT2D eigenvalue weighted by atomic mass is 10.0. The molecule has 0 aliphatic heterocycles. The normalized spacial score (nSPS) is 12.1. The van der Waals surface area contributed by atoms with E-state index < -0.39 is 39.6 Å². The molecule has 0 amide bonds. The summed E-state index contributed by atoms with van der Waals surface area (Å²) in [6.45, 7) is 0. The quantitative estimate of drug-likeness (QED) is 0.531. The SMILES string of the molecule is CN(C)S(=O)(=O)Nc1c(Cc2ccc(I)cc2F)c(F)c(F)c2ncoc12. The summed E-state index contributed by atoms with van der Waals surface area (Å²) in [4.78, 5) is 3.59. The van der Waals surface area contributed by atoms with Crippen molar-refractivity contribution in [3.63, 3.8) is 0 Å². The van der Waals surface area contributed by atoms with E-state index in [1.807, 2.05) is 22.6 Å². The minimum Gasteiger partial charge on any atom is -0.441 e. The average Bonchev–Trinajstić information content (AvgIpc) is 3.07. The lowest BCUT2D eigenvalue weighted by molar-refractivity contribution is 0.505. The van der Waals surface area contributed by atoms with E-state index in [1.165, 1.54) is 26.2 Å². The zero-order valence-electron chi connectivity index (χ0n) is 14.1. The van der Waals surface area contributed by atoms with Gasteiger partial charge < -0.3 is 4.42 Å². The summed E-state index contributed by atoms with van der Waals surface area (Å²) in [6.07, 6.45) is 0.476. The van der Waals surface area contributed by atoms with Gasteiger partial charge in [-0.2, -0.15) is 12.7 Å². The predicted molar refractivity (Wildman–Crippen MR) is 102 cm³/mol. The first-order chi connectivity index (χ1) is 12.6. The topological polar surface area (TPSA) is 75.4 Å². The Labute approximate surface area is 166 Å². The van der Waals surface area contributed by atoms with E-state index in [4.69, 9.17) is 4.42 Å². The van der Waals surface area contributed by atoms with E-state index >= 15 is 0 Å². The first-order valence-corrected chi connectivity index (χ1v) is 10.0. The van der Waals surface area contributed by atoms with Crippen LogP contribution in [-0.4, -0.2) is 31.8 Å². The average molecular weight is 511 g/mol. The Bertz CT molecular complexity index is 1130. The van der Waals surface area contributed by atoms with Crippen LogP contribution in [0.25, 0.3) is 11.1 Å². The lowest BCUT2D eigenvalue weighted by Gasteiger charge is -2.17. The highest BCUT2D eigenvalue weighted by Gasteiger charge is 2.27. The number of anilines is 1. The summed E-state index contributed by atoms with van der Waals surface area (Å²) in [5.41, 5.74) is -1.38. The number of oxazole rings is 1. The van der Waals surface area contributed by atoms with Crippen molar-refractivity contribution < 1.29 is 26.0 Å². The van der Waals surface area contributed by atoms with E-state index in [2.05, 4.69) is 9.71 Å². The fraction of sp³-hybridized carbons (Fsp3) is 0.188. The number of halogens is 4. The van der Waals surface area contributed by atoms with Crippen LogP contribution in [-0.2, 0) is 16.6 Å². The van der Waals surface area contributed by atoms with Crippen LogP contribution in [0, 0.1) is 21.0 Å².